The van der Waals surface area contributed by atoms with Crippen molar-refractivity contribution in [2.75, 3.05) is 0 Å². The highest BCUT2D eigenvalue weighted by Gasteiger charge is 2.16. The molecule has 0 fully saturated rings. The van der Waals surface area contributed by atoms with Crippen molar-refractivity contribution in [1.29, 1.82) is 0 Å². The molecule has 0 N–H and O–H groups in total. The molecule has 0 spiro atoms. The van der Waals surface area contributed by atoms with Gasteiger partial charge in [0.15, 0.2) is 0 Å². The van der Waals surface area contributed by atoms with E-state index in [1.54, 1.807) is 12.1 Å². The fourth-order valence-electron chi connectivity index (χ4n) is 1.61. The van der Waals surface area contributed by atoms with Crippen molar-refractivity contribution in [3.8, 4) is 0 Å². The molecular weight excluding hydrogens is 256 g/mol. The van der Waals surface area contributed by atoms with Gasteiger partial charge < -0.3 is 0 Å². The van der Waals surface area contributed by atoms with Gasteiger partial charge in [0.25, 0.3) is 5.12 Å². The molecule has 0 saturated heterocycles. The lowest BCUT2D eigenvalue weighted by molar-refractivity contribution is -0.107. The Morgan fingerprint density at radius 1 is 0.947 bits per heavy atom. The van der Waals surface area contributed by atoms with Crippen molar-refractivity contribution in [2.24, 2.45) is 0 Å². The minimum absolute atomic E-state index is 0.410. The highest BCUT2D eigenvalue weighted by atomic mass is 32.2. The minimum atomic E-state index is -0.430. The third kappa shape index (κ3) is 3.80. The van der Waals surface area contributed by atoms with Gasteiger partial charge in [-0.15, -0.1) is 0 Å². The number of rotatable bonds is 4. The summed E-state index contributed by atoms with van der Waals surface area (Å²) in [7, 11) is 0. The molecule has 0 amide bonds. The molecule has 0 aliphatic carbocycles. The van der Waals surface area contributed by atoms with Gasteiger partial charge in [0.2, 0.25) is 5.78 Å². The summed E-state index contributed by atoms with van der Waals surface area (Å²) < 4.78 is 0. The fraction of sp³-hybridized carbons (Fsp3) is 0.125. The van der Waals surface area contributed by atoms with E-state index in [1.807, 2.05) is 49.4 Å². The van der Waals surface area contributed by atoms with E-state index in [0.29, 0.717) is 11.3 Å². The molecule has 0 unspecified atom stereocenters. The van der Waals surface area contributed by atoms with Crippen molar-refractivity contribution in [2.45, 2.75) is 12.7 Å². The molecule has 3 heteroatoms. The summed E-state index contributed by atoms with van der Waals surface area (Å²) in [6.45, 7) is 1.94. The van der Waals surface area contributed by atoms with Crippen LogP contribution in [0.3, 0.4) is 0 Å². The highest BCUT2D eigenvalue weighted by Crippen LogP contribution is 2.16. The Kier molecular flexibility index (Phi) is 4.53. The summed E-state index contributed by atoms with van der Waals surface area (Å²) in [6, 6.07) is 16.7. The van der Waals surface area contributed by atoms with Crippen molar-refractivity contribution in [3.63, 3.8) is 0 Å². The largest absolute Gasteiger partial charge is 0.284 e. The van der Waals surface area contributed by atoms with Crippen LogP contribution in [-0.4, -0.2) is 10.9 Å². The number of aryl methyl sites for hydroxylation is 1. The second kappa shape index (κ2) is 6.34. The van der Waals surface area contributed by atoms with Crippen LogP contribution in [0.5, 0.6) is 0 Å². The first-order chi connectivity index (χ1) is 9.16. The van der Waals surface area contributed by atoms with Crippen LogP contribution in [0.15, 0.2) is 54.6 Å². The minimum Gasteiger partial charge on any atom is -0.284 e. The molecule has 2 aromatic rings. The molecule has 0 saturated carbocycles. The number of carbonyl (C=O) groups excluding carboxylic acids is 2. The van der Waals surface area contributed by atoms with Gasteiger partial charge in [-0.25, -0.2) is 0 Å². The standard InChI is InChI=1S/C16H14O2S/c1-12-7-9-14(10-8-12)15(17)16(18)19-11-13-5-3-2-4-6-13/h2-10H,11H2,1H3. The normalized spacial score (nSPS) is 10.2. The smallest absolute Gasteiger partial charge is 0.260 e. The van der Waals surface area contributed by atoms with Gasteiger partial charge in [0.05, 0.1) is 0 Å². The Hall–Kier alpha value is -1.87. The number of ketones is 1. The molecule has 0 aliphatic rings. The van der Waals surface area contributed by atoms with Gasteiger partial charge in [0, 0.05) is 11.3 Å². The molecule has 0 radical (unpaired) electrons. The van der Waals surface area contributed by atoms with Crippen molar-refractivity contribution >= 4 is 22.7 Å². The molecule has 2 aromatic carbocycles. The topological polar surface area (TPSA) is 34.1 Å². The number of Topliss-reactive ketones (excluding diaryl/α,β-unsaturated/α-hetero) is 1. The zero-order valence-electron chi connectivity index (χ0n) is 10.6. The quantitative estimate of drug-likeness (QED) is 0.628. The van der Waals surface area contributed by atoms with Crippen LogP contribution in [0.25, 0.3) is 0 Å². The summed E-state index contributed by atoms with van der Waals surface area (Å²) >= 11 is 1.05. The number of thioether (sulfide) groups is 1. The first kappa shape index (κ1) is 13.6. The fourth-order valence-corrected chi connectivity index (χ4v) is 2.35. The SMILES string of the molecule is Cc1ccc(C(=O)C(=O)SCc2ccccc2)cc1. The number of benzene rings is 2. The molecule has 0 aliphatic heterocycles. The Morgan fingerprint density at radius 2 is 1.58 bits per heavy atom. The van der Waals surface area contributed by atoms with Crippen molar-refractivity contribution in [1.82, 2.24) is 0 Å². The Labute approximate surface area is 116 Å². The molecule has 0 bridgehead atoms. The third-order valence-electron chi connectivity index (χ3n) is 2.71. The van der Waals surface area contributed by atoms with Gasteiger partial charge >= 0.3 is 0 Å². The lowest BCUT2D eigenvalue weighted by Gasteiger charge is -2.01. The van der Waals surface area contributed by atoms with Crippen LogP contribution >= 0.6 is 11.8 Å². The zero-order valence-corrected chi connectivity index (χ0v) is 11.4. The molecule has 0 heterocycles. The summed E-state index contributed by atoms with van der Waals surface area (Å²) in [5.41, 5.74) is 2.56. The number of hydrogen-bond acceptors (Lipinski definition) is 3. The lowest BCUT2D eigenvalue weighted by atomic mass is 10.1. The average molecular weight is 270 g/mol. The van der Waals surface area contributed by atoms with E-state index in [9.17, 15) is 9.59 Å². The molecule has 2 rings (SSSR count). The van der Waals surface area contributed by atoms with Crippen LogP contribution < -0.4 is 0 Å². The maximum atomic E-state index is 11.9. The maximum Gasteiger partial charge on any atom is 0.260 e. The molecular formula is C16H14O2S. The van der Waals surface area contributed by atoms with Crippen LogP contribution in [0.4, 0.5) is 0 Å². The molecule has 96 valence electrons. The summed E-state index contributed by atoms with van der Waals surface area (Å²) in [6.07, 6.45) is 0. The maximum absolute atomic E-state index is 11.9. The zero-order chi connectivity index (χ0) is 13.7. The monoisotopic (exact) mass is 270 g/mol. The van der Waals surface area contributed by atoms with Crippen molar-refractivity contribution in [3.05, 3.63) is 71.3 Å². The van der Waals surface area contributed by atoms with E-state index in [4.69, 9.17) is 0 Å². The second-order valence-corrected chi connectivity index (χ2v) is 5.21. The van der Waals surface area contributed by atoms with Crippen LogP contribution in [0.2, 0.25) is 0 Å². The van der Waals surface area contributed by atoms with Gasteiger partial charge in [-0.05, 0) is 12.5 Å². The molecule has 0 aromatic heterocycles. The van der Waals surface area contributed by atoms with Gasteiger partial charge in [-0.2, -0.15) is 0 Å². The van der Waals surface area contributed by atoms with Crippen LogP contribution in [0.1, 0.15) is 21.5 Å². The van der Waals surface area contributed by atoms with Crippen LogP contribution in [0, 0.1) is 6.92 Å². The predicted molar refractivity (Wildman–Crippen MR) is 78.3 cm³/mol. The predicted octanol–water partition coefficient (Wildman–Crippen LogP) is 3.64. The molecule has 0 atom stereocenters. The second-order valence-electron chi connectivity index (χ2n) is 4.26. The van der Waals surface area contributed by atoms with E-state index < -0.39 is 10.9 Å². The Bertz CT molecular complexity index is 573. The van der Waals surface area contributed by atoms with E-state index in [1.165, 1.54) is 0 Å². The summed E-state index contributed by atoms with van der Waals surface area (Å²) in [4.78, 5) is 23.7. The average Bonchev–Trinajstić information content (AvgIpc) is 2.46. The van der Waals surface area contributed by atoms with Gasteiger partial charge in [-0.1, -0.05) is 71.9 Å². The molecule has 2 nitrogen and oxygen atoms in total. The van der Waals surface area contributed by atoms with Gasteiger partial charge in [-0.3, -0.25) is 9.59 Å². The van der Waals surface area contributed by atoms with E-state index in [0.717, 1.165) is 22.9 Å². The van der Waals surface area contributed by atoms with E-state index in [2.05, 4.69) is 0 Å². The summed E-state index contributed by atoms with van der Waals surface area (Å²) in [5, 5.41) is -0.410. The highest BCUT2D eigenvalue weighted by molar-refractivity contribution is 8.14. The Balaban J connectivity index is 1.96. The van der Waals surface area contributed by atoms with Gasteiger partial charge in [0.1, 0.15) is 0 Å². The third-order valence-corrected chi connectivity index (χ3v) is 3.64. The van der Waals surface area contributed by atoms with Crippen LogP contribution in [-0.2, 0) is 10.5 Å². The lowest BCUT2D eigenvalue weighted by Crippen LogP contribution is -2.10. The van der Waals surface area contributed by atoms with E-state index in [-0.39, 0.29) is 0 Å². The number of carbonyl (C=O) groups is 2. The van der Waals surface area contributed by atoms with E-state index >= 15 is 0 Å². The summed E-state index contributed by atoms with van der Waals surface area (Å²) in [5.74, 6) is 0.0954. The first-order valence-electron chi connectivity index (χ1n) is 5.99. The first-order valence-corrected chi connectivity index (χ1v) is 6.97. The Morgan fingerprint density at radius 3 is 2.21 bits per heavy atom. The van der Waals surface area contributed by atoms with Crippen molar-refractivity contribution < 1.29 is 9.59 Å². The number of hydrogen-bond donors (Lipinski definition) is 0. The molecule has 19 heavy (non-hydrogen) atoms.